The lowest BCUT2D eigenvalue weighted by Crippen LogP contribution is -2.27. The van der Waals surface area contributed by atoms with Crippen molar-refractivity contribution < 1.29 is 9.53 Å². The molecule has 0 saturated heterocycles. The van der Waals surface area contributed by atoms with Gasteiger partial charge in [-0.3, -0.25) is 4.79 Å². The first-order valence-corrected chi connectivity index (χ1v) is 8.46. The van der Waals surface area contributed by atoms with Gasteiger partial charge >= 0.3 is 0 Å². The molecular weight excluding hydrogens is 330 g/mol. The maximum Gasteiger partial charge on any atom is 0.224 e. The third-order valence-corrected chi connectivity index (χ3v) is 4.30. The summed E-state index contributed by atoms with van der Waals surface area (Å²) in [7, 11) is 3.45. The van der Waals surface area contributed by atoms with E-state index in [1.54, 1.807) is 35.4 Å². The van der Waals surface area contributed by atoms with E-state index in [0.717, 1.165) is 17.0 Å². The van der Waals surface area contributed by atoms with Crippen LogP contribution in [-0.4, -0.2) is 44.3 Å². The average Bonchev–Trinajstić information content (AvgIpc) is 3.33. The van der Waals surface area contributed by atoms with E-state index in [1.807, 2.05) is 55.2 Å². The second kappa shape index (κ2) is 7.86. The number of imidazole rings is 1. The number of nitrogens with zero attached hydrogens (tertiary/aromatic N) is 5. The highest BCUT2D eigenvalue weighted by molar-refractivity contribution is 5.76. The fraction of sp³-hybridized carbons (Fsp3) is 0.316. The Morgan fingerprint density at radius 3 is 2.96 bits per heavy atom. The fourth-order valence-electron chi connectivity index (χ4n) is 2.74. The highest BCUT2D eigenvalue weighted by Crippen LogP contribution is 2.17. The summed E-state index contributed by atoms with van der Waals surface area (Å²) in [5, 5.41) is 4.39. The number of aromatic nitrogens is 4. The lowest BCUT2D eigenvalue weighted by atomic mass is 10.2. The summed E-state index contributed by atoms with van der Waals surface area (Å²) in [5.41, 5.74) is 1.89. The van der Waals surface area contributed by atoms with E-state index < -0.39 is 0 Å². The van der Waals surface area contributed by atoms with E-state index in [2.05, 4.69) is 10.1 Å². The molecule has 1 aromatic carbocycles. The van der Waals surface area contributed by atoms with Crippen LogP contribution >= 0.6 is 0 Å². The molecule has 3 aromatic rings. The first-order valence-electron chi connectivity index (χ1n) is 8.46. The number of methoxy groups -OCH3 is 1. The fourth-order valence-corrected chi connectivity index (χ4v) is 2.74. The normalized spacial score (nSPS) is 12.0. The number of rotatable bonds is 7. The predicted molar refractivity (Wildman–Crippen MR) is 98.1 cm³/mol. The van der Waals surface area contributed by atoms with Gasteiger partial charge in [0.05, 0.1) is 25.3 Å². The molecule has 0 N–H and O–H groups in total. The van der Waals surface area contributed by atoms with Crippen LogP contribution < -0.4 is 4.74 Å². The molecule has 136 valence electrons. The Bertz CT molecular complexity index is 856. The van der Waals surface area contributed by atoms with E-state index in [-0.39, 0.29) is 11.9 Å². The molecule has 0 fully saturated rings. The number of benzene rings is 1. The van der Waals surface area contributed by atoms with Crippen LogP contribution in [0.5, 0.6) is 5.75 Å². The van der Waals surface area contributed by atoms with Crippen molar-refractivity contribution in [2.75, 3.05) is 14.2 Å². The van der Waals surface area contributed by atoms with Gasteiger partial charge in [0.1, 0.15) is 5.75 Å². The monoisotopic (exact) mass is 353 g/mol. The van der Waals surface area contributed by atoms with Crippen LogP contribution in [0.25, 0.3) is 5.69 Å². The van der Waals surface area contributed by atoms with Crippen molar-refractivity contribution in [2.45, 2.75) is 25.9 Å². The highest BCUT2D eigenvalue weighted by Gasteiger charge is 2.15. The zero-order valence-electron chi connectivity index (χ0n) is 15.2. The van der Waals surface area contributed by atoms with Crippen LogP contribution in [0, 0.1) is 0 Å². The topological polar surface area (TPSA) is 65.2 Å². The molecule has 0 aliphatic heterocycles. The summed E-state index contributed by atoms with van der Waals surface area (Å²) in [5.74, 6) is 0.862. The Balaban J connectivity index is 1.62. The van der Waals surface area contributed by atoms with Gasteiger partial charge in [-0.15, -0.1) is 0 Å². The van der Waals surface area contributed by atoms with Crippen molar-refractivity contribution >= 4 is 5.91 Å². The van der Waals surface area contributed by atoms with Gasteiger partial charge in [0.2, 0.25) is 5.91 Å². The van der Waals surface area contributed by atoms with Crippen molar-refractivity contribution in [1.82, 2.24) is 24.2 Å². The van der Waals surface area contributed by atoms with E-state index in [0.29, 0.717) is 13.0 Å². The number of amides is 1. The summed E-state index contributed by atoms with van der Waals surface area (Å²) in [4.78, 5) is 18.2. The zero-order valence-corrected chi connectivity index (χ0v) is 15.2. The van der Waals surface area contributed by atoms with Gasteiger partial charge in [0.25, 0.3) is 0 Å². The van der Waals surface area contributed by atoms with Gasteiger partial charge in [-0.25, -0.2) is 9.67 Å². The van der Waals surface area contributed by atoms with Crippen LogP contribution in [0.2, 0.25) is 0 Å². The predicted octanol–water partition coefficient (Wildman–Crippen LogP) is 2.69. The van der Waals surface area contributed by atoms with Crippen LogP contribution in [-0.2, 0) is 11.3 Å². The minimum Gasteiger partial charge on any atom is -0.497 e. The number of hydrogen-bond acceptors (Lipinski definition) is 4. The first-order chi connectivity index (χ1) is 12.6. The Kier molecular flexibility index (Phi) is 5.36. The standard InChI is InChI=1S/C19H23N5O2/c1-15(23-8-7-20-14-23)9-19(25)22(2)12-16-11-21-24(13-16)17-5-4-6-18(10-17)26-3/h4-8,10-11,13-15H,9,12H2,1-3H3/t15-/m1/s1. The van der Waals surface area contributed by atoms with E-state index in [4.69, 9.17) is 4.74 Å². The maximum atomic E-state index is 12.5. The molecular formula is C19H23N5O2. The Morgan fingerprint density at radius 1 is 1.38 bits per heavy atom. The van der Waals surface area contributed by atoms with Crippen LogP contribution in [0.15, 0.2) is 55.4 Å². The Morgan fingerprint density at radius 2 is 2.23 bits per heavy atom. The molecule has 0 unspecified atom stereocenters. The minimum absolute atomic E-state index is 0.0759. The third kappa shape index (κ3) is 4.11. The zero-order chi connectivity index (χ0) is 18.5. The van der Waals surface area contributed by atoms with Gasteiger partial charge in [0.15, 0.2) is 0 Å². The molecule has 26 heavy (non-hydrogen) atoms. The number of carbonyl (C=O) groups excluding carboxylic acids is 1. The minimum atomic E-state index is 0.0759. The van der Waals surface area contributed by atoms with E-state index in [1.165, 1.54) is 0 Å². The lowest BCUT2D eigenvalue weighted by Gasteiger charge is -2.19. The van der Waals surface area contributed by atoms with Gasteiger partial charge < -0.3 is 14.2 Å². The molecule has 1 atom stereocenters. The molecule has 0 radical (unpaired) electrons. The third-order valence-electron chi connectivity index (χ3n) is 4.30. The molecule has 0 aliphatic carbocycles. The second-order valence-electron chi connectivity index (χ2n) is 6.31. The second-order valence-corrected chi connectivity index (χ2v) is 6.31. The summed E-state index contributed by atoms with van der Waals surface area (Å²) in [6.07, 6.45) is 9.46. The van der Waals surface area contributed by atoms with E-state index in [9.17, 15) is 4.79 Å². The van der Waals surface area contributed by atoms with Crippen molar-refractivity contribution in [3.63, 3.8) is 0 Å². The van der Waals surface area contributed by atoms with Gasteiger partial charge in [-0.05, 0) is 19.1 Å². The molecule has 0 spiro atoms. The quantitative estimate of drug-likeness (QED) is 0.655. The Labute approximate surface area is 152 Å². The molecule has 0 aliphatic rings. The SMILES string of the molecule is COc1cccc(-n2cc(CN(C)C(=O)C[C@@H](C)n3ccnc3)cn2)c1. The van der Waals surface area contributed by atoms with Gasteiger partial charge in [-0.1, -0.05) is 6.07 Å². The van der Waals surface area contributed by atoms with Crippen molar-refractivity contribution in [3.8, 4) is 11.4 Å². The summed E-state index contributed by atoms with van der Waals surface area (Å²) >= 11 is 0. The Hall–Kier alpha value is -3.09. The molecule has 3 rings (SSSR count). The van der Waals surface area contributed by atoms with Crippen molar-refractivity contribution in [1.29, 1.82) is 0 Å². The summed E-state index contributed by atoms with van der Waals surface area (Å²) in [6.45, 7) is 2.52. The van der Waals surface area contributed by atoms with Gasteiger partial charge in [-0.2, -0.15) is 5.10 Å². The van der Waals surface area contributed by atoms with Crippen LogP contribution in [0.3, 0.4) is 0 Å². The highest BCUT2D eigenvalue weighted by atomic mass is 16.5. The summed E-state index contributed by atoms with van der Waals surface area (Å²) < 4.78 is 8.97. The molecule has 0 bridgehead atoms. The molecule has 7 nitrogen and oxygen atoms in total. The number of hydrogen-bond donors (Lipinski definition) is 0. The molecule has 7 heteroatoms. The largest absolute Gasteiger partial charge is 0.497 e. The molecule has 0 saturated carbocycles. The molecule has 1 amide bonds. The van der Waals surface area contributed by atoms with Crippen molar-refractivity contribution in [3.05, 3.63) is 60.9 Å². The molecule has 2 heterocycles. The number of ether oxygens (including phenoxy) is 1. The van der Waals surface area contributed by atoms with Crippen molar-refractivity contribution in [2.24, 2.45) is 0 Å². The van der Waals surface area contributed by atoms with E-state index >= 15 is 0 Å². The average molecular weight is 353 g/mol. The van der Waals surface area contributed by atoms with Crippen LogP contribution in [0.4, 0.5) is 0 Å². The summed E-state index contributed by atoms with van der Waals surface area (Å²) in [6, 6.07) is 7.76. The van der Waals surface area contributed by atoms with Crippen LogP contribution in [0.1, 0.15) is 24.9 Å². The number of carbonyl (C=O) groups is 1. The molecule has 2 aromatic heterocycles. The van der Waals surface area contributed by atoms with Gasteiger partial charge in [0, 0.05) is 56.3 Å². The smallest absolute Gasteiger partial charge is 0.224 e. The first kappa shape index (κ1) is 17.7. The maximum absolute atomic E-state index is 12.5. The lowest BCUT2D eigenvalue weighted by molar-refractivity contribution is -0.131.